The fourth-order valence-corrected chi connectivity index (χ4v) is 3.05. The van der Waals surface area contributed by atoms with Gasteiger partial charge in [-0.05, 0) is 30.9 Å². The Hall–Kier alpha value is -0.970. The maximum atomic E-state index is 9.05. The number of hydrogen-bond donors (Lipinski definition) is 2. The predicted octanol–water partition coefficient (Wildman–Crippen LogP) is 2.11. The Labute approximate surface area is 120 Å². The standard InChI is InChI=1S/C15H22N2OS/c16-15(19)10-14(13-4-2-1-3-5-13)17-8-6-12(11-17)7-9-18/h1-5,12,14,18H,6-11H2,(H2,16,19). The third kappa shape index (κ3) is 4.00. The molecule has 104 valence electrons. The van der Waals surface area contributed by atoms with Crippen molar-refractivity contribution in [3.8, 4) is 0 Å². The fourth-order valence-electron chi connectivity index (χ4n) is 2.89. The lowest BCUT2D eigenvalue weighted by Crippen LogP contribution is -2.30. The molecule has 4 heteroatoms. The van der Waals surface area contributed by atoms with E-state index in [-0.39, 0.29) is 12.6 Å². The molecule has 19 heavy (non-hydrogen) atoms. The molecule has 1 aromatic rings. The molecule has 0 saturated carbocycles. The molecule has 0 spiro atoms. The quantitative estimate of drug-likeness (QED) is 0.783. The highest BCUT2D eigenvalue weighted by Crippen LogP contribution is 2.31. The van der Waals surface area contributed by atoms with Crippen molar-refractivity contribution in [2.24, 2.45) is 11.7 Å². The molecule has 0 bridgehead atoms. The SMILES string of the molecule is NC(=S)CC(c1ccccc1)N1CCC(CCO)C1. The third-order valence-corrected chi connectivity index (χ3v) is 4.04. The second kappa shape index (κ2) is 6.98. The summed E-state index contributed by atoms with van der Waals surface area (Å²) in [7, 11) is 0. The average molecular weight is 278 g/mol. The van der Waals surface area contributed by atoms with Crippen molar-refractivity contribution >= 4 is 17.2 Å². The zero-order valence-electron chi connectivity index (χ0n) is 11.2. The molecule has 1 saturated heterocycles. The van der Waals surface area contributed by atoms with E-state index in [0.29, 0.717) is 10.9 Å². The number of hydrogen-bond acceptors (Lipinski definition) is 3. The summed E-state index contributed by atoms with van der Waals surface area (Å²) in [5.74, 6) is 0.600. The van der Waals surface area contributed by atoms with Crippen LogP contribution in [0, 0.1) is 5.92 Å². The van der Waals surface area contributed by atoms with Gasteiger partial charge < -0.3 is 10.8 Å². The van der Waals surface area contributed by atoms with Crippen LogP contribution in [0.1, 0.15) is 30.9 Å². The molecule has 2 unspecified atom stereocenters. The highest BCUT2D eigenvalue weighted by atomic mass is 32.1. The summed E-state index contributed by atoms with van der Waals surface area (Å²) >= 11 is 5.10. The first-order chi connectivity index (χ1) is 9.20. The van der Waals surface area contributed by atoms with Gasteiger partial charge in [-0.3, -0.25) is 4.90 Å². The van der Waals surface area contributed by atoms with Gasteiger partial charge in [0, 0.05) is 25.6 Å². The van der Waals surface area contributed by atoms with E-state index in [9.17, 15) is 0 Å². The first kappa shape index (κ1) is 14.4. The van der Waals surface area contributed by atoms with Crippen molar-refractivity contribution in [1.29, 1.82) is 0 Å². The number of rotatable bonds is 6. The van der Waals surface area contributed by atoms with Crippen LogP contribution >= 0.6 is 12.2 Å². The lowest BCUT2D eigenvalue weighted by atomic mass is 10.0. The summed E-state index contributed by atoms with van der Waals surface area (Å²) in [6.45, 7) is 2.37. The number of thiocarbonyl (C=S) groups is 1. The van der Waals surface area contributed by atoms with E-state index in [1.807, 2.05) is 6.07 Å². The number of aliphatic hydroxyl groups is 1. The second-order valence-electron chi connectivity index (χ2n) is 5.26. The van der Waals surface area contributed by atoms with Crippen LogP contribution in [-0.4, -0.2) is 34.7 Å². The topological polar surface area (TPSA) is 49.5 Å². The van der Waals surface area contributed by atoms with Crippen LogP contribution in [0.2, 0.25) is 0 Å². The van der Waals surface area contributed by atoms with Crippen molar-refractivity contribution in [1.82, 2.24) is 4.90 Å². The lowest BCUT2D eigenvalue weighted by molar-refractivity contribution is 0.223. The van der Waals surface area contributed by atoms with Gasteiger partial charge in [0.15, 0.2) is 0 Å². The van der Waals surface area contributed by atoms with Gasteiger partial charge in [0.25, 0.3) is 0 Å². The molecule has 1 aliphatic heterocycles. The summed E-state index contributed by atoms with van der Waals surface area (Å²) in [6.07, 6.45) is 2.78. The van der Waals surface area contributed by atoms with E-state index in [1.54, 1.807) is 0 Å². The maximum absolute atomic E-state index is 9.05. The number of benzene rings is 1. The molecular weight excluding hydrogens is 256 g/mol. The molecule has 1 fully saturated rings. The van der Waals surface area contributed by atoms with Crippen LogP contribution in [0.3, 0.4) is 0 Å². The largest absolute Gasteiger partial charge is 0.396 e. The number of nitrogens with two attached hydrogens (primary N) is 1. The Morgan fingerprint density at radius 2 is 2.16 bits per heavy atom. The van der Waals surface area contributed by atoms with Gasteiger partial charge in [0.05, 0.1) is 4.99 Å². The molecular formula is C15H22N2OS. The van der Waals surface area contributed by atoms with Gasteiger partial charge in [-0.2, -0.15) is 0 Å². The van der Waals surface area contributed by atoms with Crippen LogP contribution in [0.5, 0.6) is 0 Å². The minimum absolute atomic E-state index is 0.280. The maximum Gasteiger partial charge on any atom is 0.0746 e. The minimum Gasteiger partial charge on any atom is -0.396 e. The molecule has 0 aromatic heterocycles. The van der Waals surface area contributed by atoms with Gasteiger partial charge in [-0.15, -0.1) is 0 Å². The first-order valence-electron chi connectivity index (χ1n) is 6.89. The van der Waals surface area contributed by atoms with Gasteiger partial charge in [-0.1, -0.05) is 42.5 Å². The Morgan fingerprint density at radius 3 is 2.79 bits per heavy atom. The van der Waals surface area contributed by atoms with Crippen molar-refractivity contribution < 1.29 is 5.11 Å². The van der Waals surface area contributed by atoms with E-state index in [2.05, 4.69) is 29.2 Å². The van der Waals surface area contributed by atoms with Gasteiger partial charge in [0.1, 0.15) is 0 Å². The first-order valence-corrected chi connectivity index (χ1v) is 7.29. The zero-order valence-corrected chi connectivity index (χ0v) is 12.0. The Balaban J connectivity index is 2.09. The molecule has 3 N–H and O–H groups in total. The van der Waals surface area contributed by atoms with E-state index in [1.165, 1.54) is 5.56 Å². The Morgan fingerprint density at radius 1 is 1.42 bits per heavy atom. The predicted molar refractivity (Wildman–Crippen MR) is 82.0 cm³/mol. The highest BCUT2D eigenvalue weighted by Gasteiger charge is 2.29. The highest BCUT2D eigenvalue weighted by molar-refractivity contribution is 7.80. The van der Waals surface area contributed by atoms with Crippen LogP contribution in [-0.2, 0) is 0 Å². The average Bonchev–Trinajstić information content (AvgIpc) is 2.86. The number of likely N-dealkylation sites (tertiary alicyclic amines) is 1. The summed E-state index contributed by atoms with van der Waals surface area (Å²) in [5, 5.41) is 9.05. The van der Waals surface area contributed by atoms with Gasteiger partial charge >= 0.3 is 0 Å². The molecule has 1 aromatic carbocycles. The summed E-state index contributed by atoms with van der Waals surface area (Å²) in [5.41, 5.74) is 7.03. The summed E-state index contributed by atoms with van der Waals surface area (Å²) in [4.78, 5) is 3.02. The molecule has 3 nitrogen and oxygen atoms in total. The Bertz CT molecular complexity index is 410. The van der Waals surface area contributed by atoms with Crippen LogP contribution in [0.15, 0.2) is 30.3 Å². The molecule has 1 heterocycles. The van der Waals surface area contributed by atoms with Crippen molar-refractivity contribution in [2.45, 2.75) is 25.3 Å². The normalized spacial score (nSPS) is 21.4. The molecule has 0 aliphatic carbocycles. The smallest absolute Gasteiger partial charge is 0.0746 e. The van der Waals surface area contributed by atoms with Crippen molar-refractivity contribution in [3.05, 3.63) is 35.9 Å². The molecule has 2 atom stereocenters. The Kier molecular flexibility index (Phi) is 5.31. The zero-order chi connectivity index (χ0) is 13.7. The molecule has 0 radical (unpaired) electrons. The van der Waals surface area contributed by atoms with Gasteiger partial charge in [-0.25, -0.2) is 0 Å². The number of aliphatic hydroxyl groups excluding tert-OH is 1. The summed E-state index contributed by atoms with van der Waals surface area (Å²) < 4.78 is 0. The second-order valence-corrected chi connectivity index (χ2v) is 5.78. The monoisotopic (exact) mass is 278 g/mol. The lowest BCUT2D eigenvalue weighted by Gasteiger charge is -2.28. The van der Waals surface area contributed by atoms with Crippen molar-refractivity contribution in [2.75, 3.05) is 19.7 Å². The van der Waals surface area contributed by atoms with Crippen LogP contribution in [0.4, 0.5) is 0 Å². The minimum atomic E-state index is 0.280. The molecule has 0 amide bonds. The van der Waals surface area contributed by atoms with Gasteiger partial charge in [0.2, 0.25) is 0 Å². The van der Waals surface area contributed by atoms with Crippen LogP contribution in [0.25, 0.3) is 0 Å². The molecule has 2 rings (SSSR count). The molecule has 1 aliphatic rings. The summed E-state index contributed by atoms with van der Waals surface area (Å²) in [6, 6.07) is 10.7. The number of nitrogens with zero attached hydrogens (tertiary/aromatic N) is 1. The van der Waals surface area contributed by atoms with E-state index >= 15 is 0 Å². The third-order valence-electron chi connectivity index (χ3n) is 3.87. The van der Waals surface area contributed by atoms with Crippen LogP contribution < -0.4 is 5.73 Å². The van der Waals surface area contributed by atoms with Crippen molar-refractivity contribution in [3.63, 3.8) is 0 Å². The fraction of sp³-hybridized carbons (Fsp3) is 0.533. The van der Waals surface area contributed by atoms with E-state index < -0.39 is 0 Å². The van der Waals surface area contributed by atoms with E-state index in [0.717, 1.165) is 32.4 Å². The van der Waals surface area contributed by atoms with E-state index in [4.69, 9.17) is 23.1 Å².